The normalized spacial score (nSPS) is 21.0. The lowest BCUT2D eigenvalue weighted by Crippen LogP contribution is -2.46. The Bertz CT molecular complexity index is 679. The van der Waals surface area contributed by atoms with Crippen LogP contribution in [0.5, 0.6) is 11.5 Å². The van der Waals surface area contributed by atoms with Gasteiger partial charge in [-0.15, -0.1) is 0 Å². The summed E-state index contributed by atoms with van der Waals surface area (Å²) >= 11 is 1.39. The van der Waals surface area contributed by atoms with Gasteiger partial charge in [0.1, 0.15) is 0 Å². The Hall–Kier alpha value is -1.99. The highest BCUT2D eigenvalue weighted by molar-refractivity contribution is 8.18. The largest absolute Gasteiger partial charge is 0.504 e. The SMILES string of the molecule is COc1ccc(C=C2SC(N3CCN(C)CC3)=NC2=O)cc1O. The van der Waals surface area contributed by atoms with E-state index in [2.05, 4.69) is 21.8 Å². The molecule has 2 aliphatic heterocycles. The summed E-state index contributed by atoms with van der Waals surface area (Å²) in [7, 11) is 3.59. The lowest BCUT2D eigenvalue weighted by molar-refractivity contribution is -0.113. The van der Waals surface area contributed by atoms with E-state index in [4.69, 9.17) is 4.74 Å². The maximum Gasteiger partial charge on any atom is 0.286 e. The van der Waals surface area contributed by atoms with E-state index in [1.54, 1.807) is 24.3 Å². The second-order valence-electron chi connectivity index (χ2n) is 5.53. The summed E-state index contributed by atoms with van der Waals surface area (Å²) in [5.41, 5.74) is 0.744. The molecule has 1 aromatic rings. The van der Waals surface area contributed by atoms with E-state index in [1.807, 2.05) is 0 Å². The molecule has 0 atom stereocenters. The first kappa shape index (κ1) is 15.9. The number of amidine groups is 1. The highest BCUT2D eigenvalue weighted by atomic mass is 32.2. The number of phenolic OH excluding ortho intramolecular Hbond substituents is 1. The second kappa shape index (κ2) is 6.64. The van der Waals surface area contributed by atoms with Gasteiger partial charge in [-0.1, -0.05) is 6.07 Å². The third-order valence-corrected chi connectivity index (χ3v) is 4.93. The predicted molar refractivity (Wildman–Crippen MR) is 91.7 cm³/mol. The number of carbonyl (C=O) groups is 1. The van der Waals surface area contributed by atoms with Crippen molar-refractivity contribution in [3.8, 4) is 11.5 Å². The Morgan fingerprint density at radius 2 is 2.04 bits per heavy atom. The van der Waals surface area contributed by atoms with E-state index in [1.165, 1.54) is 18.9 Å². The van der Waals surface area contributed by atoms with Gasteiger partial charge >= 0.3 is 0 Å². The van der Waals surface area contributed by atoms with Crippen LogP contribution in [0.1, 0.15) is 5.56 Å². The minimum atomic E-state index is -0.223. The lowest BCUT2D eigenvalue weighted by atomic mass is 10.2. The zero-order chi connectivity index (χ0) is 16.4. The van der Waals surface area contributed by atoms with E-state index < -0.39 is 0 Å². The predicted octanol–water partition coefficient (Wildman–Crippen LogP) is 1.62. The highest BCUT2D eigenvalue weighted by Gasteiger charge is 2.27. The zero-order valence-corrected chi connectivity index (χ0v) is 14.0. The van der Waals surface area contributed by atoms with Crippen LogP contribution in [-0.2, 0) is 4.79 Å². The lowest BCUT2D eigenvalue weighted by Gasteiger charge is -2.32. The van der Waals surface area contributed by atoms with Crippen LogP contribution >= 0.6 is 11.8 Å². The Morgan fingerprint density at radius 3 is 2.70 bits per heavy atom. The molecule has 0 radical (unpaired) electrons. The van der Waals surface area contributed by atoms with Crippen molar-refractivity contribution in [2.24, 2.45) is 4.99 Å². The number of thioether (sulfide) groups is 1. The molecule has 0 aromatic heterocycles. The number of hydrogen-bond donors (Lipinski definition) is 1. The smallest absolute Gasteiger partial charge is 0.286 e. The number of phenols is 1. The molecular weight excluding hydrogens is 314 g/mol. The van der Waals surface area contributed by atoms with Gasteiger partial charge in [0.25, 0.3) is 5.91 Å². The number of amides is 1. The number of methoxy groups -OCH3 is 1. The van der Waals surface area contributed by atoms with Crippen LogP contribution in [0.3, 0.4) is 0 Å². The van der Waals surface area contributed by atoms with Gasteiger partial charge in [0, 0.05) is 26.2 Å². The third kappa shape index (κ3) is 3.51. The van der Waals surface area contributed by atoms with Gasteiger partial charge in [-0.05, 0) is 42.6 Å². The van der Waals surface area contributed by atoms with E-state index in [9.17, 15) is 9.90 Å². The summed E-state index contributed by atoms with van der Waals surface area (Å²) in [6.45, 7) is 3.71. The number of rotatable bonds is 2. The van der Waals surface area contributed by atoms with Gasteiger partial charge in [0.05, 0.1) is 12.0 Å². The van der Waals surface area contributed by atoms with Crippen LogP contribution in [0, 0.1) is 0 Å². The first-order chi connectivity index (χ1) is 11.1. The summed E-state index contributed by atoms with van der Waals surface area (Å²) in [6, 6.07) is 5.05. The number of benzene rings is 1. The molecule has 2 aliphatic rings. The Balaban J connectivity index is 1.73. The third-order valence-electron chi connectivity index (χ3n) is 3.88. The molecule has 1 amide bonds. The molecule has 3 rings (SSSR count). The van der Waals surface area contributed by atoms with Crippen molar-refractivity contribution >= 4 is 28.9 Å². The second-order valence-corrected chi connectivity index (χ2v) is 6.54. The fourth-order valence-electron chi connectivity index (χ4n) is 2.48. The highest BCUT2D eigenvalue weighted by Crippen LogP contribution is 2.32. The van der Waals surface area contributed by atoms with E-state index in [0.717, 1.165) is 36.9 Å². The molecule has 1 N–H and O–H groups in total. The number of aliphatic imine (C=N–C) groups is 1. The van der Waals surface area contributed by atoms with Crippen molar-refractivity contribution in [3.05, 3.63) is 28.7 Å². The molecule has 2 heterocycles. The molecule has 1 saturated heterocycles. The molecule has 122 valence electrons. The van der Waals surface area contributed by atoms with Crippen LogP contribution in [0.15, 0.2) is 28.1 Å². The van der Waals surface area contributed by atoms with Gasteiger partial charge in [0.2, 0.25) is 0 Å². The number of nitrogens with zero attached hydrogens (tertiary/aromatic N) is 3. The Morgan fingerprint density at radius 1 is 1.30 bits per heavy atom. The van der Waals surface area contributed by atoms with Crippen LogP contribution in [0.2, 0.25) is 0 Å². The molecule has 0 spiro atoms. The number of likely N-dealkylation sites (N-methyl/N-ethyl adjacent to an activating group) is 1. The summed E-state index contributed by atoms with van der Waals surface area (Å²) in [6.07, 6.45) is 1.75. The Kier molecular flexibility index (Phi) is 4.58. The molecule has 0 bridgehead atoms. The van der Waals surface area contributed by atoms with Crippen molar-refractivity contribution in [1.82, 2.24) is 9.80 Å². The number of aromatic hydroxyl groups is 1. The molecule has 6 nitrogen and oxygen atoms in total. The minimum Gasteiger partial charge on any atom is -0.504 e. The monoisotopic (exact) mass is 333 g/mol. The standard InChI is InChI=1S/C16H19N3O3S/c1-18-5-7-19(8-6-18)16-17-15(21)14(23-16)10-11-3-4-13(22-2)12(20)9-11/h3-4,9-10,20H,5-8H2,1-2H3. The van der Waals surface area contributed by atoms with Crippen molar-refractivity contribution in [3.63, 3.8) is 0 Å². The molecule has 0 saturated carbocycles. The topological polar surface area (TPSA) is 65.4 Å². The average Bonchev–Trinajstić information content (AvgIpc) is 2.89. The van der Waals surface area contributed by atoms with Crippen molar-refractivity contribution < 1.29 is 14.6 Å². The zero-order valence-electron chi connectivity index (χ0n) is 13.2. The fourth-order valence-corrected chi connectivity index (χ4v) is 3.44. The van der Waals surface area contributed by atoms with Gasteiger partial charge in [-0.25, -0.2) is 0 Å². The molecule has 1 fully saturated rings. The van der Waals surface area contributed by atoms with Crippen LogP contribution in [0.25, 0.3) is 6.08 Å². The average molecular weight is 333 g/mol. The molecule has 7 heteroatoms. The van der Waals surface area contributed by atoms with Gasteiger partial charge in [-0.2, -0.15) is 4.99 Å². The van der Waals surface area contributed by atoms with Crippen LogP contribution in [0.4, 0.5) is 0 Å². The maximum atomic E-state index is 12.1. The van der Waals surface area contributed by atoms with Gasteiger partial charge in [0.15, 0.2) is 16.7 Å². The number of piperazine rings is 1. The van der Waals surface area contributed by atoms with E-state index >= 15 is 0 Å². The first-order valence-electron chi connectivity index (χ1n) is 7.40. The quantitative estimate of drug-likeness (QED) is 0.830. The summed E-state index contributed by atoms with van der Waals surface area (Å²) < 4.78 is 5.02. The fraction of sp³-hybridized carbons (Fsp3) is 0.375. The number of ether oxygens (including phenoxy) is 1. The summed E-state index contributed by atoms with van der Waals surface area (Å²) in [5, 5.41) is 10.6. The van der Waals surface area contributed by atoms with Crippen molar-refractivity contribution in [2.75, 3.05) is 40.3 Å². The number of hydrogen-bond acceptors (Lipinski definition) is 6. The van der Waals surface area contributed by atoms with Crippen molar-refractivity contribution in [1.29, 1.82) is 0 Å². The summed E-state index contributed by atoms with van der Waals surface area (Å²) in [5.74, 6) is 0.240. The first-order valence-corrected chi connectivity index (χ1v) is 8.21. The summed E-state index contributed by atoms with van der Waals surface area (Å²) in [4.78, 5) is 21.2. The van der Waals surface area contributed by atoms with E-state index in [0.29, 0.717) is 10.7 Å². The molecule has 0 unspecified atom stereocenters. The van der Waals surface area contributed by atoms with Gasteiger partial charge < -0.3 is 19.6 Å². The number of carbonyl (C=O) groups excluding carboxylic acids is 1. The van der Waals surface area contributed by atoms with E-state index in [-0.39, 0.29) is 11.7 Å². The minimum absolute atomic E-state index is 0.0532. The molecular formula is C16H19N3O3S. The molecule has 0 aliphatic carbocycles. The van der Waals surface area contributed by atoms with Gasteiger partial charge in [-0.3, -0.25) is 4.79 Å². The molecule has 1 aromatic carbocycles. The Labute approximate surface area is 139 Å². The van der Waals surface area contributed by atoms with Crippen molar-refractivity contribution in [2.45, 2.75) is 0 Å². The van der Waals surface area contributed by atoms with Crippen LogP contribution in [-0.4, -0.2) is 66.3 Å². The van der Waals surface area contributed by atoms with Crippen LogP contribution < -0.4 is 4.74 Å². The molecule has 23 heavy (non-hydrogen) atoms. The maximum absolute atomic E-state index is 12.1.